The van der Waals surface area contributed by atoms with Crippen LogP contribution < -0.4 is 5.32 Å². The van der Waals surface area contributed by atoms with Gasteiger partial charge in [0.2, 0.25) is 5.91 Å². The van der Waals surface area contributed by atoms with Gasteiger partial charge in [0.1, 0.15) is 5.02 Å². The minimum Gasteiger partial charge on any atom is -0.352 e. The fourth-order valence-corrected chi connectivity index (χ4v) is 1.85. The summed E-state index contributed by atoms with van der Waals surface area (Å²) in [5, 5.41) is 13.4. The van der Waals surface area contributed by atoms with Crippen LogP contribution in [0.25, 0.3) is 0 Å². The molecule has 0 fully saturated rings. The number of nitro groups is 1. The van der Waals surface area contributed by atoms with Gasteiger partial charge in [0.25, 0.3) is 11.6 Å². The van der Waals surface area contributed by atoms with Crippen molar-refractivity contribution in [1.29, 1.82) is 0 Å². The van der Waals surface area contributed by atoms with Gasteiger partial charge in [-0.25, -0.2) is 0 Å². The molecule has 7 nitrogen and oxygen atoms in total. The normalized spacial score (nSPS) is 10.3. The third kappa shape index (κ3) is 4.71. The topological polar surface area (TPSA) is 92.6 Å². The Balaban J connectivity index is 2.86. The molecule has 0 aliphatic rings. The summed E-state index contributed by atoms with van der Waals surface area (Å²) in [4.78, 5) is 35.0. The minimum absolute atomic E-state index is 0.0300. The number of rotatable bonds is 5. The summed E-state index contributed by atoms with van der Waals surface area (Å²) in [6.07, 6.45) is 0. The lowest BCUT2D eigenvalue weighted by Crippen LogP contribution is -2.40. The van der Waals surface area contributed by atoms with Gasteiger partial charge < -0.3 is 10.2 Å². The molecule has 114 valence electrons. The summed E-state index contributed by atoms with van der Waals surface area (Å²) in [6, 6.07) is 3.74. The predicted octanol–water partition coefficient (Wildman–Crippen LogP) is 1.84. The predicted molar refractivity (Wildman–Crippen MR) is 78.3 cm³/mol. The van der Waals surface area contributed by atoms with Crippen LogP contribution in [0.4, 0.5) is 5.69 Å². The highest BCUT2D eigenvalue weighted by Crippen LogP contribution is 2.25. The number of nitrogens with one attached hydrogen (secondary N) is 1. The molecule has 2 amide bonds. The van der Waals surface area contributed by atoms with Gasteiger partial charge in [-0.1, -0.05) is 11.6 Å². The Bertz CT molecular complexity index is 575. The number of hydrogen-bond acceptors (Lipinski definition) is 4. The fraction of sp³-hybridized carbons (Fsp3) is 0.385. The van der Waals surface area contributed by atoms with E-state index in [2.05, 4.69) is 5.32 Å². The first kappa shape index (κ1) is 16.9. The quantitative estimate of drug-likeness (QED) is 0.663. The number of carbonyl (C=O) groups excluding carboxylic acids is 2. The molecule has 1 aromatic carbocycles. The molecule has 0 heterocycles. The monoisotopic (exact) mass is 313 g/mol. The van der Waals surface area contributed by atoms with Crippen molar-refractivity contribution < 1.29 is 14.5 Å². The smallest absolute Gasteiger partial charge is 0.288 e. The Kier molecular flexibility index (Phi) is 5.66. The number of benzene rings is 1. The van der Waals surface area contributed by atoms with E-state index in [0.29, 0.717) is 0 Å². The third-order valence-corrected chi connectivity index (χ3v) is 2.89. The van der Waals surface area contributed by atoms with Crippen molar-refractivity contribution in [2.45, 2.75) is 19.9 Å². The zero-order valence-electron chi connectivity index (χ0n) is 11.9. The minimum atomic E-state index is -0.662. The number of amides is 2. The second kappa shape index (κ2) is 7.03. The van der Waals surface area contributed by atoms with Crippen LogP contribution in [-0.4, -0.2) is 41.3 Å². The maximum Gasteiger partial charge on any atom is 0.288 e. The summed E-state index contributed by atoms with van der Waals surface area (Å²) in [6.45, 7) is 3.48. The SMILES string of the molecule is CC(C)NC(=O)CN(C)C(=O)c1ccc(Cl)c([N+](=O)[O-])c1. The van der Waals surface area contributed by atoms with Crippen LogP contribution in [0.2, 0.25) is 5.02 Å². The molecule has 0 radical (unpaired) electrons. The van der Waals surface area contributed by atoms with E-state index in [4.69, 9.17) is 11.6 Å². The number of hydrogen-bond donors (Lipinski definition) is 1. The molecule has 0 bridgehead atoms. The van der Waals surface area contributed by atoms with Crippen molar-refractivity contribution in [2.75, 3.05) is 13.6 Å². The van der Waals surface area contributed by atoms with Crippen molar-refractivity contribution in [3.05, 3.63) is 38.9 Å². The van der Waals surface area contributed by atoms with Gasteiger partial charge >= 0.3 is 0 Å². The maximum absolute atomic E-state index is 12.1. The molecule has 0 atom stereocenters. The molecule has 0 unspecified atom stereocenters. The van der Waals surface area contributed by atoms with Crippen LogP contribution >= 0.6 is 11.6 Å². The summed E-state index contributed by atoms with van der Waals surface area (Å²) < 4.78 is 0. The standard InChI is InChI=1S/C13H16ClN3O4/c1-8(2)15-12(18)7-16(3)13(19)9-4-5-10(14)11(6-9)17(20)21/h4-6,8H,7H2,1-3H3,(H,15,18). The average Bonchev–Trinajstić information content (AvgIpc) is 2.36. The number of halogens is 1. The Morgan fingerprint density at radius 3 is 2.57 bits per heavy atom. The second-order valence-corrected chi connectivity index (χ2v) is 5.21. The molecular formula is C13H16ClN3O4. The summed E-state index contributed by atoms with van der Waals surface area (Å²) in [7, 11) is 1.45. The van der Waals surface area contributed by atoms with Crippen molar-refractivity contribution in [2.24, 2.45) is 0 Å². The van der Waals surface area contributed by atoms with Gasteiger partial charge in [-0.2, -0.15) is 0 Å². The summed E-state index contributed by atoms with van der Waals surface area (Å²) >= 11 is 5.69. The van der Waals surface area contributed by atoms with E-state index in [1.54, 1.807) is 0 Å². The van der Waals surface area contributed by atoms with Gasteiger partial charge in [0, 0.05) is 24.7 Å². The molecule has 0 aromatic heterocycles. The van der Waals surface area contributed by atoms with Crippen LogP contribution in [0.1, 0.15) is 24.2 Å². The Morgan fingerprint density at radius 1 is 1.43 bits per heavy atom. The van der Waals surface area contributed by atoms with Crippen molar-refractivity contribution in [1.82, 2.24) is 10.2 Å². The molecule has 1 N–H and O–H groups in total. The molecule has 0 saturated carbocycles. The van der Waals surface area contributed by atoms with Crippen LogP contribution in [0, 0.1) is 10.1 Å². The van der Waals surface area contributed by atoms with E-state index >= 15 is 0 Å². The second-order valence-electron chi connectivity index (χ2n) is 4.81. The Labute approximate surface area is 127 Å². The van der Waals surface area contributed by atoms with Crippen LogP contribution in [0.3, 0.4) is 0 Å². The number of carbonyl (C=O) groups is 2. The summed E-state index contributed by atoms with van der Waals surface area (Å²) in [5.41, 5.74) is -0.242. The maximum atomic E-state index is 12.1. The van der Waals surface area contributed by atoms with E-state index in [9.17, 15) is 19.7 Å². The highest BCUT2D eigenvalue weighted by molar-refractivity contribution is 6.32. The fourth-order valence-electron chi connectivity index (χ4n) is 1.66. The lowest BCUT2D eigenvalue weighted by molar-refractivity contribution is -0.384. The van der Waals surface area contributed by atoms with Crippen LogP contribution in [0.5, 0.6) is 0 Å². The van der Waals surface area contributed by atoms with E-state index in [0.717, 1.165) is 6.07 Å². The van der Waals surface area contributed by atoms with Crippen molar-refractivity contribution in [3.8, 4) is 0 Å². The number of nitro benzene ring substituents is 1. The third-order valence-electron chi connectivity index (χ3n) is 2.57. The Hall–Kier alpha value is -2.15. The van der Waals surface area contributed by atoms with Crippen LogP contribution in [-0.2, 0) is 4.79 Å². The summed E-state index contributed by atoms with van der Waals surface area (Å²) in [5.74, 6) is -0.794. The molecule has 0 aliphatic carbocycles. The molecule has 0 aliphatic heterocycles. The molecule has 0 saturated heterocycles. The van der Waals surface area contributed by atoms with Crippen molar-refractivity contribution in [3.63, 3.8) is 0 Å². The molecular weight excluding hydrogens is 298 g/mol. The first-order chi connectivity index (χ1) is 9.72. The van der Waals surface area contributed by atoms with E-state index in [1.165, 1.54) is 24.1 Å². The van der Waals surface area contributed by atoms with Gasteiger partial charge in [-0.05, 0) is 26.0 Å². The molecule has 21 heavy (non-hydrogen) atoms. The average molecular weight is 314 g/mol. The van der Waals surface area contributed by atoms with E-state index < -0.39 is 10.8 Å². The number of nitrogens with zero attached hydrogens (tertiary/aromatic N) is 2. The van der Waals surface area contributed by atoms with Gasteiger partial charge in [0.05, 0.1) is 11.5 Å². The lowest BCUT2D eigenvalue weighted by atomic mass is 10.2. The largest absolute Gasteiger partial charge is 0.352 e. The number of likely N-dealkylation sites (N-methyl/N-ethyl adjacent to an activating group) is 1. The molecule has 1 rings (SSSR count). The lowest BCUT2D eigenvalue weighted by Gasteiger charge is -2.18. The zero-order valence-corrected chi connectivity index (χ0v) is 12.7. The van der Waals surface area contributed by atoms with Gasteiger partial charge in [-0.3, -0.25) is 19.7 Å². The molecule has 8 heteroatoms. The first-order valence-electron chi connectivity index (χ1n) is 6.21. The van der Waals surface area contributed by atoms with Gasteiger partial charge in [-0.15, -0.1) is 0 Å². The first-order valence-corrected chi connectivity index (χ1v) is 6.59. The zero-order chi connectivity index (χ0) is 16.2. The molecule has 1 aromatic rings. The van der Waals surface area contributed by atoms with Gasteiger partial charge in [0.15, 0.2) is 0 Å². The van der Waals surface area contributed by atoms with E-state index in [-0.39, 0.29) is 34.8 Å². The van der Waals surface area contributed by atoms with Crippen molar-refractivity contribution >= 4 is 29.1 Å². The molecule has 0 spiro atoms. The highest BCUT2D eigenvalue weighted by Gasteiger charge is 2.20. The van der Waals surface area contributed by atoms with Crippen LogP contribution in [0.15, 0.2) is 18.2 Å². The van der Waals surface area contributed by atoms with E-state index in [1.807, 2.05) is 13.8 Å². The highest BCUT2D eigenvalue weighted by atomic mass is 35.5. The Morgan fingerprint density at radius 2 is 2.05 bits per heavy atom.